The maximum atomic E-state index is 4.57. The van der Waals surface area contributed by atoms with E-state index in [0.29, 0.717) is 0 Å². The Morgan fingerprint density at radius 1 is 1.54 bits per heavy atom. The Hall–Kier alpha value is -1.51. The lowest BCUT2D eigenvalue weighted by molar-refractivity contribution is 0.797. The van der Waals surface area contributed by atoms with Crippen molar-refractivity contribution in [2.45, 2.75) is 0 Å². The van der Waals surface area contributed by atoms with Crippen LogP contribution in [0.15, 0.2) is 29.4 Å². The Balaban J connectivity index is 2.87. The highest BCUT2D eigenvalue weighted by Gasteiger charge is 2.02. The van der Waals surface area contributed by atoms with Crippen LogP contribution in [0.3, 0.4) is 0 Å². The van der Waals surface area contributed by atoms with Crippen LogP contribution in [0.2, 0.25) is 0 Å². The number of aromatic nitrogens is 2. The number of hydrogen-bond acceptors (Lipinski definition) is 3. The first kappa shape index (κ1) is 8.10. The lowest BCUT2D eigenvalue weighted by atomic mass is 10.2. The average Bonchev–Trinajstić information content (AvgIpc) is 2.50. The molecule has 0 saturated carbocycles. The van der Waals surface area contributed by atoms with E-state index in [1.54, 1.807) is 10.9 Å². The van der Waals surface area contributed by atoms with Gasteiger partial charge in [-0.3, -0.25) is 4.68 Å². The SMILES string of the molecule is Cn1ncc2cccc(N=C=S)c21. The second-order valence-electron chi connectivity index (χ2n) is 2.69. The summed E-state index contributed by atoms with van der Waals surface area (Å²) in [6.07, 6.45) is 1.80. The van der Waals surface area contributed by atoms with Crippen LogP contribution in [0, 0.1) is 0 Å². The number of thiocarbonyl (C=S) groups is 1. The number of para-hydroxylation sites is 1. The van der Waals surface area contributed by atoms with Gasteiger partial charge in [0.25, 0.3) is 0 Å². The van der Waals surface area contributed by atoms with Crippen molar-refractivity contribution < 1.29 is 0 Å². The monoisotopic (exact) mass is 189 g/mol. The maximum absolute atomic E-state index is 4.57. The number of rotatable bonds is 1. The minimum Gasteiger partial charge on any atom is -0.266 e. The standard InChI is InChI=1S/C9H7N3S/c1-12-9-7(5-11-12)3-2-4-8(9)10-6-13/h2-5H,1H3. The number of fused-ring (bicyclic) bond motifs is 1. The smallest absolute Gasteiger partial charge is 0.0998 e. The van der Waals surface area contributed by atoms with Crippen LogP contribution in [-0.2, 0) is 7.05 Å². The van der Waals surface area contributed by atoms with Gasteiger partial charge in [0.1, 0.15) is 0 Å². The molecule has 0 unspecified atom stereocenters. The van der Waals surface area contributed by atoms with E-state index in [1.807, 2.05) is 25.2 Å². The molecule has 2 rings (SSSR count). The van der Waals surface area contributed by atoms with Gasteiger partial charge in [0, 0.05) is 12.4 Å². The van der Waals surface area contributed by atoms with Crippen molar-refractivity contribution in [3.63, 3.8) is 0 Å². The van der Waals surface area contributed by atoms with Gasteiger partial charge in [0.15, 0.2) is 0 Å². The zero-order valence-electron chi connectivity index (χ0n) is 7.06. The molecule has 0 aliphatic carbocycles. The van der Waals surface area contributed by atoms with Crippen LogP contribution in [0.4, 0.5) is 5.69 Å². The molecule has 0 fully saturated rings. The molecule has 0 aliphatic rings. The number of isothiocyanates is 1. The lowest BCUT2D eigenvalue weighted by Gasteiger charge is -1.96. The number of aryl methyl sites for hydroxylation is 1. The zero-order valence-corrected chi connectivity index (χ0v) is 7.88. The number of aliphatic imine (C=N–C) groups is 1. The van der Waals surface area contributed by atoms with Crippen LogP contribution in [0.5, 0.6) is 0 Å². The topological polar surface area (TPSA) is 30.2 Å². The fraction of sp³-hybridized carbons (Fsp3) is 0.111. The molecule has 2 aromatic rings. The number of benzene rings is 1. The van der Waals surface area contributed by atoms with Crippen molar-refractivity contribution in [1.29, 1.82) is 0 Å². The summed E-state index contributed by atoms with van der Waals surface area (Å²) >= 11 is 4.57. The summed E-state index contributed by atoms with van der Waals surface area (Å²) in [7, 11) is 1.88. The van der Waals surface area contributed by atoms with E-state index in [1.165, 1.54) is 0 Å². The van der Waals surface area contributed by atoms with Crippen molar-refractivity contribution in [2.24, 2.45) is 12.0 Å². The van der Waals surface area contributed by atoms with Gasteiger partial charge in [-0.2, -0.15) is 10.1 Å². The molecule has 64 valence electrons. The predicted octanol–water partition coefficient (Wildman–Crippen LogP) is 2.31. The molecular weight excluding hydrogens is 182 g/mol. The van der Waals surface area contributed by atoms with Gasteiger partial charge >= 0.3 is 0 Å². The highest BCUT2D eigenvalue weighted by atomic mass is 32.1. The normalized spacial score (nSPS) is 9.92. The second kappa shape index (κ2) is 3.09. The highest BCUT2D eigenvalue weighted by Crippen LogP contribution is 2.24. The van der Waals surface area contributed by atoms with E-state index in [0.717, 1.165) is 16.6 Å². The fourth-order valence-electron chi connectivity index (χ4n) is 1.35. The molecule has 0 amide bonds. The zero-order chi connectivity index (χ0) is 9.26. The Labute approximate surface area is 80.7 Å². The molecule has 1 heterocycles. The third kappa shape index (κ3) is 1.26. The molecule has 4 heteroatoms. The predicted molar refractivity (Wildman–Crippen MR) is 55.4 cm³/mol. The van der Waals surface area contributed by atoms with E-state index in [2.05, 4.69) is 27.5 Å². The Morgan fingerprint density at radius 3 is 3.15 bits per heavy atom. The maximum Gasteiger partial charge on any atom is 0.0998 e. The van der Waals surface area contributed by atoms with Gasteiger partial charge in [-0.15, -0.1) is 0 Å². The largest absolute Gasteiger partial charge is 0.266 e. The van der Waals surface area contributed by atoms with E-state index < -0.39 is 0 Å². The summed E-state index contributed by atoms with van der Waals surface area (Å²) in [6.45, 7) is 0. The van der Waals surface area contributed by atoms with Crippen molar-refractivity contribution in [3.05, 3.63) is 24.4 Å². The molecule has 0 radical (unpaired) electrons. The van der Waals surface area contributed by atoms with Crippen LogP contribution in [-0.4, -0.2) is 14.9 Å². The van der Waals surface area contributed by atoms with Crippen LogP contribution in [0.1, 0.15) is 0 Å². The van der Waals surface area contributed by atoms with Gasteiger partial charge in [-0.1, -0.05) is 12.1 Å². The summed E-state index contributed by atoms with van der Waals surface area (Å²) in [4.78, 5) is 3.97. The molecule has 0 atom stereocenters. The summed E-state index contributed by atoms with van der Waals surface area (Å²) in [5.41, 5.74) is 1.80. The molecular formula is C9H7N3S. The highest BCUT2D eigenvalue weighted by molar-refractivity contribution is 7.78. The van der Waals surface area contributed by atoms with E-state index in [9.17, 15) is 0 Å². The molecule has 0 aliphatic heterocycles. The van der Waals surface area contributed by atoms with Gasteiger partial charge in [-0.05, 0) is 18.3 Å². The van der Waals surface area contributed by atoms with Gasteiger partial charge in [0.05, 0.1) is 22.6 Å². The quantitative estimate of drug-likeness (QED) is 0.509. The molecule has 0 bridgehead atoms. The number of hydrogen-bond donors (Lipinski definition) is 0. The first-order valence-corrected chi connectivity index (χ1v) is 4.22. The number of nitrogens with zero attached hydrogens (tertiary/aromatic N) is 3. The Kier molecular flexibility index (Phi) is 1.93. The van der Waals surface area contributed by atoms with E-state index in [4.69, 9.17) is 0 Å². The Morgan fingerprint density at radius 2 is 2.38 bits per heavy atom. The molecule has 0 saturated heterocycles. The third-order valence-corrected chi connectivity index (χ3v) is 2.00. The summed E-state index contributed by atoms with van der Waals surface area (Å²) in [5, 5.41) is 7.56. The molecule has 0 N–H and O–H groups in total. The van der Waals surface area contributed by atoms with Gasteiger partial charge in [-0.25, -0.2) is 0 Å². The van der Waals surface area contributed by atoms with Gasteiger partial charge < -0.3 is 0 Å². The second-order valence-corrected chi connectivity index (χ2v) is 2.87. The van der Waals surface area contributed by atoms with E-state index in [-0.39, 0.29) is 0 Å². The lowest BCUT2D eigenvalue weighted by Crippen LogP contribution is -1.88. The van der Waals surface area contributed by atoms with Crippen LogP contribution < -0.4 is 0 Å². The van der Waals surface area contributed by atoms with Crippen LogP contribution in [0.25, 0.3) is 10.9 Å². The first-order valence-electron chi connectivity index (χ1n) is 3.81. The summed E-state index contributed by atoms with van der Waals surface area (Å²) in [6, 6.07) is 5.81. The fourth-order valence-corrected chi connectivity index (χ4v) is 1.45. The molecule has 13 heavy (non-hydrogen) atoms. The van der Waals surface area contributed by atoms with Gasteiger partial charge in [0.2, 0.25) is 0 Å². The van der Waals surface area contributed by atoms with Crippen molar-refractivity contribution in [2.75, 3.05) is 0 Å². The minimum absolute atomic E-state index is 0.813. The molecule has 0 spiro atoms. The van der Waals surface area contributed by atoms with E-state index >= 15 is 0 Å². The van der Waals surface area contributed by atoms with Crippen molar-refractivity contribution >= 4 is 34.0 Å². The molecule has 3 nitrogen and oxygen atoms in total. The first-order chi connectivity index (χ1) is 6.33. The summed E-state index contributed by atoms with van der Waals surface area (Å²) < 4.78 is 1.78. The van der Waals surface area contributed by atoms with Crippen LogP contribution >= 0.6 is 12.2 Å². The average molecular weight is 189 g/mol. The van der Waals surface area contributed by atoms with Crippen molar-refractivity contribution in [1.82, 2.24) is 9.78 Å². The third-order valence-electron chi connectivity index (χ3n) is 1.91. The summed E-state index contributed by atoms with van der Waals surface area (Å²) in [5.74, 6) is 0. The van der Waals surface area contributed by atoms with Crippen molar-refractivity contribution in [3.8, 4) is 0 Å². The minimum atomic E-state index is 0.813. The molecule has 1 aromatic carbocycles. The molecule has 1 aromatic heterocycles. The Bertz CT molecular complexity index is 495.